The van der Waals surface area contributed by atoms with Crippen LogP contribution in [-0.2, 0) is 0 Å². The van der Waals surface area contributed by atoms with Gasteiger partial charge in [-0.05, 0) is 37.1 Å². The lowest BCUT2D eigenvalue weighted by Crippen LogP contribution is -1.98. The predicted molar refractivity (Wildman–Crippen MR) is 72.5 cm³/mol. The molecule has 0 aliphatic heterocycles. The molecule has 0 radical (unpaired) electrons. The number of rotatable bonds is 3. The second kappa shape index (κ2) is 5.36. The fourth-order valence-corrected chi connectivity index (χ4v) is 1.98. The van der Waals surface area contributed by atoms with Gasteiger partial charge in [0, 0.05) is 11.8 Å². The number of nitrogens with one attached hydrogen (secondary N) is 1. The van der Waals surface area contributed by atoms with Crippen LogP contribution in [0.5, 0.6) is 5.75 Å². The number of anilines is 2. The first-order valence-electron chi connectivity index (χ1n) is 5.78. The molecule has 5 nitrogen and oxygen atoms in total. The maximum atomic E-state index is 8.80. The van der Waals surface area contributed by atoms with E-state index in [0.29, 0.717) is 11.5 Å². The molecule has 0 fully saturated rings. The smallest absolute Gasteiger partial charge is 0.145 e. The number of aromatic nitrogens is 2. The molecular formula is C14H14N4O. The van der Waals surface area contributed by atoms with Gasteiger partial charge in [0.25, 0.3) is 0 Å². The molecule has 1 heterocycles. The highest BCUT2D eigenvalue weighted by molar-refractivity contribution is 5.61. The lowest BCUT2D eigenvalue weighted by Gasteiger charge is -2.12. The second-order valence-electron chi connectivity index (χ2n) is 4.17. The second-order valence-corrected chi connectivity index (χ2v) is 4.17. The van der Waals surface area contributed by atoms with Crippen LogP contribution in [0.25, 0.3) is 0 Å². The minimum atomic E-state index is 0.333. The van der Waals surface area contributed by atoms with Crippen molar-refractivity contribution in [3.63, 3.8) is 0 Å². The SMILES string of the molecule is COc1c(C)cc(Nc2cc(C#N)ncn2)cc1C. The fraction of sp³-hybridized carbons (Fsp3) is 0.214. The van der Waals surface area contributed by atoms with E-state index in [4.69, 9.17) is 10.00 Å². The van der Waals surface area contributed by atoms with Gasteiger partial charge in [0.2, 0.25) is 0 Å². The van der Waals surface area contributed by atoms with Gasteiger partial charge in [-0.25, -0.2) is 9.97 Å². The van der Waals surface area contributed by atoms with E-state index in [1.54, 1.807) is 13.2 Å². The number of methoxy groups -OCH3 is 1. The molecule has 0 aliphatic carbocycles. The standard InChI is InChI=1S/C14H14N4O/c1-9-4-11(5-10(2)14(9)19-3)18-13-6-12(7-15)16-8-17-13/h4-6,8H,1-3H3,(H,16,17,18). The van der Waals surface area contributed by atoms with Crippen LogP contribution in [0.15, 0.2) is 24.5 Å². The van der Waals surface area contributed by atoms with E-state index in [9.17, 15) is 0 Å². The number of hydrogen-bond acceptors (Lipinski definition) is 5. The minimum Gasteiger partial charge on any atom is -0.496 e. The quantitative estimate of drug-likeness (QED) is 0.911. The number of nitriles is 1. The van der Waals surface area contributed by atoms with Gasteiger partial charge < -0.3 is 10.1 Å². The van der Waals surface area contributed by atoms with Gasteiger partial charge in [-0.1, -0.05) is 0 Å². The molecule has 19 heavy (non-hydrogen) atoms. The topological polar surface area (TPSA) is 70.8 Å². The van der Waals surface area contributed by atoms with E-state index in [1.807, 2.05) is 32.0 Å². The third-order valence-corrected chi connectivity index (χ3v) is 2.72. The normalized spacial score (nSPS) is 9.79. The number of nitrogens with zero attached hydrogens (tertiary/aromatic N) is 3. The summed E-state index contributed by atoms with van der Waals surface area (Å²) in [6.07, 6.45) is 1.37. The Morgan fingerprint density at radius 2 is 1.84 bits per heavy atom. The molecule has 0 atom stereocenters. The Hall–Kier alpha value is -2.61. The highest BCUT2D eigenvalue weighted by Crippen LogP contribution is 2.28. The maximum Gasteiger partial charge on any atom is 0.145 e. The number of benzene rings is 1. The van der Waals surface area contributed by atoms with Crippen molar-refractivity contribution >= 4 is 11.5 Å². The van der Waals surface area contributed by atoms with Crippen LogP contribution < -0.4 is 10.1 Å². The summed E-state index contributed by atoms with van der Waals surface area (Å²) in [5.41, 5.74) is 3.32. The maximum absolute atomic E-state index is 8.80. The summed E-state index contributed by atoms with van der Waals surface area (Å²) in [5.74, 6) is 1.47. The lowest BCUT2D eigenvalue weighted by molar-refractivity contribution is 0.408. The van der Waals surface area contributed by atoms with Crippen molar-refractivity contribution in [1.29, 1.82) is 5.26 Å². The summed E-state index contributed by atoms with van der Waals surface area (Å²) in [7, 11) is 1.66. The summed E-state index contributed by atoms with van der Waals surface area (Å²) in [6.45, 7) is 3.97. The van der Waals surface area contributed by atoms with Crippen LogP contribution in [0.3, 0.4) is 0 Å². The van der Waals surface area contributed by atoms with Crippen LogP contribution in [0.1, 0.15) is 16.8 Å². The molecule has 0 bridgehead atoms. The zero-order chi connectivity index (χ0) is 13.8. The van der Waals surface area contributed by atoms with Crippen LogP contribution in [-0.4, -0.2) is 17.1 Å². The molecular weight excluding hydrogens is 240 g/mol. The zero-order valence-corrected chi connectivity index (χ0v) is 11.1. The fourth-order valence-electron chi connectivity index (χ4n) is 1.98. The Balaban J connectivity index is 2.31. The Morgan fingerprint density at radius 1 is 1.16 bits per heavy atom. The summed E-state index contributed by atoms with van der Waals surface area (Å²) in [6, 6.07) is 7.53. The summed E-state index contributed by atoms with van der Waals surface area (Å²) in [5, 5.41) is 12.0. The van der Waals surface area contributed by atoms with E-state index in [-0.39, 0.29) is 0 Å². The van der Waals surface area contributed by atoms with Gasteiger partial charge >= 0.3 is 0 Å². The van der Waals surface area contributed by atoms with Crippen molar-refractivity contribution in [3.05, 3.63) is 41.3 Å². The molecule has 0 amide bonds. The molecule has 5 heteroatoms. The lowest BCUT2D eigenvalue weighted by atomic mass is 10.1. The van der Waals surface area contributed by atoms with Crippen molar-refractivity contribution < 1.29 is 4.74 Å². The van der Waals surface area contributed by atoms with E-state index in [1.165, 1.54) is 6.33 Å². The highest BCUT2D eigenvalue weighted by Gasteiger charge is 2.06. The Bertz CT molecular complexity index is 623. The molecule has 96 valence electrons. The largest absolute Gasteiger partial charge is 0.496 e. The molecule has 0 unspecified atom stereocenters. The van der Waals surface area contributed by atoms with Crippen molar-refractivity contribution in [3.8, 4) is 11.8 Å². The Kier molecular flexibility index (Phi) is 3.62. The van der Waals surface area contributed by atoms with E-state index in [2.05, 4.69) is 15.3 Å². The van der Waals surface area contributed by atoms with Gasteiger partial charge in [-0.2, -0.15) is 5.26 Å². The third kappa shape index (κ3) is 2.80. The average Bonchev–Trinajstić information content (AvgIpc) is 2.38. The van der Waals surface area contributed by atoms with Gasteiger partial charge in [0.1, 0.15) is 29.7 Å². The summed E-state index contributed by atoms with van der Waals surface area (Å²) in [4.78, 5) is 7.91. The van der Waals surface area contributed by atoms with E-state index in [0.717, 1.165) is 22.6 Å². The van der Waals surface area contributed by atoms with E-state index < -0.39 is 0 Å². The summed E-state index contributed by atoms with van der Waals surface area (Å²) >= 11 is 0. The first-order chi connectivity index (χ1) is 9.13. The Morgan fingerprint density at radius 3 is 2.42 bits per heavy atom. The molecule has 0 spiro atoms. The van der Waals surface area contributed by atoms with Crippen LogP contribution in [0.2, 0.25) is 0 Å². The van der Waals surface area contributed by atoms with E-state index >= 15 is 0 Å². The van der Waals surface area contributed by atoms with Crippen molar-refractivity contribution in [2.45, 2.75) is 13.8 Å². The van der Waals surface area contributed by atoms with Crippen LogP contribution in [0.4, 0.5) is 11.5 Å². The number of ether oxygens (including phenoxy) is 1. The number of aryl methyl sites for hydroxylation is 2. The van der Waals surface area contributed by atoms with Gasteiger partial charge in [-0.3, -0.25) is 0 Å². The molecule has 1 aromatic heterocycles. The van der Waals surface area contributed by atoms with Crippen molar-refractivity contribution in [1.82, 2.24) is 9.97 Å². The highest BCUT2D eigenvalue weighted by atomic mass is 16.5. The Labute approximate surface area is 111 Å². The molecule has 0 aliphatic rings. The molecule has 1 aromatic carbocycles. The average molecular weight is 254 g/mol. The first kappa shape index (κ1) is 12.8. The van der Waals surface area contributed by atoms with Gasteiger partial charge in [0.05, 0.1) is 7.11 Å². The van der Waals surface area contributed by atoms with Crippen molar-refractivity contribution in [2.75, 3.05) is 12.4 Å². The zero-order valence-electron chi connectivity index (χ0n) is 11.1. The van der Waals surface area contributed by atoms with Crippen LogP contribution in [0, 0.1) is 25.2 Å². The monoisotopic (exact) mass is 254 g/mol. The molecule has 2 rings (SSSR count). The third-order valence-electron chi connectivity index (χ3n) is 2.72. The summed E-state index contributed by atoms with van der Waals surface area (Å²) < 4.78 is 5.32. The molecule has 0 saturated heterocycles. The minimum absolute atomic E-state index is 0.333. The van der Waals surface area contributed by atoms with Crippen molar-refractivity contribution in [2.24, 2.45) is 0 Å². The molecule has 2 aromatic rings. The predicted octanol–water partition coefficient (Wildman–Crippen LogP) is 2.72. The molecule has 1 N–H and O–H groups in total. The molecule has 0 saturated carbocycles. The first-order valence-corrected chi connectivity index (χ1v) is 5.78. The van der Waals surface area contributed by atoms with Gasteiger partial charge in [0.15, 0.2) is 0 Å². The van der Waals surface area contributed by atoms with Gasteiger partial charge in [-0.15, -0.1) is 0 Å². The van der Waals surface area contributed by atoms with Crippen LogP contribution >= 0.6 is 0 Å². The number of hydrogen-bond donors (Lipinski definition) is 1.